The van der Waals surface area contributed by atoms with Crippen molar-refractivity contribution in [3.63, 3.8) is 0 Å². The van der Waals surface area contributed by atoms with E-state index in [0.29, 0.717) is 44.6 Å². The molecule has 0 unspecified atom stereocenters. The van der Waals surface area contributed by atoms with E-state index >= 15 is 0 Å². The third kappa shape index (κ3) is 3.97. The zero-order valence-electron chi connectivity index (χ0n) is 16.6. The van der Waals surface area contributed by atoms with E-state index in [4.69, 9.17) is 21.3 Å². The molecule has 1 amide bonds. The van der Waals surface area contributed by atoms with E-state index in [-0.39, 0.29) is 10.9 Å². The van der Waals surface area contributed by atoms with Crippen LogP contribution in [-0.2, 0) is 4.74 Å². The summed E-state index contributed by atoms with van der Waals surface area (Å²) >= 11 is 5.84. The van der Waals surface area contributed by atoms with Crippen molar-refractivity contribution in [3.05, 3.63) is 52.9 Å². The SMILES string of the molecule is COCCN=C1Nc2ncccc2NC12CCN(C(=O)c1ccc(F)c(Cl)c1)CC2. The Balaban J connectivity index is 1.53. The Hall–Kier alpha value is -2.71. The lowest BCUT2D eigenvalue weighted by molar-refractivity contribution is 0.0705. The number of amides is 1. The van der Waals surface area contributed by atoms with E-state index in [0.717, 1.165) is 17.3 Å². The molecule has 2 aromatic rings. The molecule has 0 saturated carbocycles. The number of amidine groups is 1. The maximum Gasteiger partial charge on any atom is 0.253 e. The van der Waals surface area contributed by atoms with Gasteiger partial charge in [-0.05, 0) is 43.2 Å². The topological polar surface area (TPSA) is 78.8 Å². The molecule has 30 heavy (non-hydrogen) atoms. The number of aromatic nitrogens is 1. The van der Waals surface area contributed by atoms with E-state index in [9.17, 15) is 9.18 Å². The lowest BCUT2D eigenvalue weighted by Crippen LogP contribution is -2.59. The molecule has 1 aromatic heterocycles. The van der Waals surface area contributed by atoms with Gasteiger partial charge in [-0.25, -0.2) is 9.37 Å². The number of hydrogen-bond donors (Lipinski definition) is 2. The molecule has 3 heterocycles. The highest BCUT2D eigenvalue weighted by molar-refractivity contribution is 6.31. The number of fused-ring (bicyclic) bond motifs is 1. The second kappa shape index (κ2) is 8.57. The number of methoxy groups -OCH3 is 1. The Labute approximate surface area is 179 Å². The zero-order valence-corrected chi connectivity index (χ0v) is 17.4. The highest BCUT2D eigenvalue weighted by Crippen LogP contribution is 2.36. The lowest BCUT2D eigenvalue weighted by atomic mass is 9.84. The monoisotopic (exact) mass is 431 g/mol. The number of nitrogens with zero attached hydrogens (tertiary/aromatic N) is 3. The fourth-order valence-electron chi connectivity index (χ4n) is 3.86. The Morgan fingerprint density at radius 1 is 1.37 bits per heavy atom. The third-order valence-electron chi connectivity index (χ3n) is 5.51. The van der Waals surface area contributed by atoms with Crippen LogP contribution in [0.2, 0.25) is 5.02 Å². The number of ether oxygens (including phenoxy) is 1. The van der Waals surface area contributed by atoms with E-state index in [1.807, 2.05) is 12.1 Å². The lowest BCUT2D eigenvalue weighted by Gasteiger charge is -2.46. The van der Waals surface area contributed by atoms with Crippen LogP contribution in [0.25, 0.3) is 0 Å². The van der Waals surface area contributed by atoms with Crippen LogP contribution < -0.4 is 10.6 Å². The minimum absolute atomic E-state index is 0.0517. The summed E-state index contributed by atoms with van der Waals surface area (Å²) in [6.45, 7) is 2.11. The number of halogens is 2. The summed E-state index contributed by atoms with van der Waals surface area (Å²) in [5.74, 6) is 0.851. The predicted molar refractivity (Wildman–Crippen MR) is 115 cm³/mol. The normalized spacial score (nSPS) is 18.6. The van der Waals surface area contributed by atoms with Gasteiger partial charge in [0.15, 0.2) is 5.82 Å². The van der Waals surface area contributed by atoms with Gasteiger partial charge in [0.1, 0.15) is 11.7 Å². The molecule has 1 aromatic carbocycles. The Bertz CT molecular complexity index is 976. The largest absolute Gasteiger partial charge is 0.383 e. The maximum absolute atomic E-state index is 13.4. The molecule has 0 bridgehead atoms. The molecule has 1 spiro atoms. The number of hydrogen-bond acceptors (Lipinski definition) is 5. The van der Waals surface area contributed by atoms with Crippen molar-refractivity contribution in [1.29, 1.82) is 0 Å². The van der Waals surface area contributed by atoms with Crippen molar-refractivity contribution in [1.82, 2.24) is 9.88 Å². The van der Waals surface area contributed by atoms with Crippen molar-refractivity contribution in [2.45, 2.75) is 18.4 Å². The number of benzene rings is 1. The van der Waals surface area contributed by atoms with Crippen molar-refractivity contribution in [2.24, 2.45) is 4.99 Å². The van der Waals surface area contributed by atoms with Gasteiger partial charge in [-0.3, -0.25) is 9.79 Å². The molecule has 0 radical (unpaired) electrons. The quantitative estimate of drug-likeness (QED) is 0.725. The number of anilines is 2. The summed E-state index contributed by atoms with van der Waals surface area (Å²) in [6.07, 6.45) is 3.06. The first-order chi connectivity index (χ1) is 14.5. The van der Waals surface area contributed by atoms with Crippen LogP contribution in [0, 0.1) is 5.82 Å². The predicted octanol–water partition coefficient (Wildman–Crippen LogP) is 3.43. The van der Waals surface area contributed by atoms with Gasteiger partial charge in [0.25, 0.3) is 5.91 Å². The molecule has 1 saturated heterocycles. The number of rotatable bonds is 4. The number of aliphatic imine (C=N–C) groups is 1. The van der Waals surface area contributed by atoms with Crippen LogP contribution in [0.15, 0.2) is 41.5 Å². The first kappa shape index (κ1) is 20.6. The van der Waals surface area contributed by atoms with Gasteiger partial charge in [0.2, 0.25) is 0 Å². The molecule has 7 nitrogen and oxygen atoms in total. The molecule has 2 aliphatic rings. The Kier molecular flexibility index (Phi) is 5.87. The fourth-order valence-corrected chi connectivity index (χ4v) is 4.04. The van der Waals surface area contributed by atoms with Crippen LogP contribution in [0.5, 0.6) is 0 Å². The average molecular weight is 432 g/mol. The number of piperidine rings is 1. The first-order valence-electron chi connectivity index (χ1n) is 9.81. The highest BCUT2D eigenvalue weighted by atomic mass is 35.5. The molecular formula is C21H23ClFN5O2. The molecule has 0 atom stereocenters. The van der Waals surface area contributed by atoms with Crippen LogP contribution in [0.1, 0.15) is 23.2 Å². The van der Waals surface area contributed by atoms with E-state index in [1.54, 1.807) is 18.2 Å². The van der Waals surface area contributed by atoms with Crippen molar-refractivity contribution in [2.75, 3.05) is 44.0 Å². The number of nitrogens with one attached hydrogen (secondary N) is 2. The van der Waals surface area contributed by atoms with Gasteiger partial charge in [-0.1, -0.05) is 11.6 Å². The summed E-state index contributed by atoms with van der Waals surface area (Å²) in [5, 5.41) is 6.91. The highest BCUT2D eigenvalue weighted by Gasteiger charge is 2.43. The number of carbonyl (C=O) groups excluding carboxylic acids is 1. The molecule has 158 valence electrons. The number of pyridine rings is 1. The smallest absolute Gasteiger partial charge is 0.253 e. The summed E-state index contributed by atoms with van der Waals surface area (Å²) in [6, 6.07) is 7.92. The summed E-state index contributed by atoms with van der Waals surface area (Å²) in [5.41, 5.74) is 0.880. The van der Waals surface area contributed by atoms with Gasteiger partial charge in [-0.2, -0.15) is 0 Å². The molecule has 9 heteroatoms. The molecule has 1 fully saturated rings. The van der Waals surface area contributed by atoms with Gasteiger partial charge in [-0.15, -0.1) is 0 Å². The minimum atomic E-state index is -0.535. The van der Waals surface area contributed by atoms with Gasteiger partial charge in [0.05, 0.1) is 29.4 Å². The summed E-state index contributed by atoms with van der Waals surface area (Å²) in [4.78, 5) is 23.7. The van der Waals surface area contributed by atoms with Crippen LogP contribution >= 0.6 is 11.6 Å². The zero-order chi connectivity index (χ0) is 21.1. The molecule has 2 aliphatic heterocycles. The van der Waals surface area contributed by atoms with Gasteiger partial charge >= 0.3 is 0 Å². The Morgan fingerprint density at radius 2 is 2.17 bits per heavy atom. The van der Waals surface area contributed by atoms with Crippen molar-refractivity contribution >= 4 is 34.8 Å². The second-order valence-corrected chi connectivity index (χ2v) is 7.78. The van der Waals surface area contributed by atoms with Crippen LogP contribution in [-0.4, -0.2) is 60.5 Å². The van der Waals surface area contributed by atoms with E-state index in [1.165, 1.54) is 18.2 Å². The summed E-state index contributed by atoms with van der Waals surface area (Å²) < 4.78 is 18.6. The number of likely N-dealkylation sites (tertiary alicyclic amines) is 1. The van der Waals surface area contributed by atoms with Gasteiger partial charge < -0.3 is 20.3 Å². The maximum atomic E-state index is 13.4. The van der Waals surface area contributed by atoms with Crippen LogP contribution in [0.4, 0.5) is 15.9 Å². The Morgan fingerprint density at radius 3 is 2.90 bits per heavy atom. The number of carbonyl (C=O) groups is 1. The van der Waals surface area contributed by atoms with Gasteiger partial charge in [0, 0.05) is 32.0 Å². The van der Waals surface area contributed by atoms with E-state index < -0.39 is 11.4 Å². The third-order valence-corrected chi connectivity index (χ3v) is 5.80. The standard InChI is InChI=1S/C21H23ClFN5O2/c1-30-12-9-25-20-21(27-17-3-2-8-24-18(17)26-20)6-10-28(11-7-21)19(29)14-4-5-16(23)15(22)13-14/h2-5,8,13,27H,6-7,9-12H2,1H3,(H,24,25,26). The average Bonchev–Trinajstić information content (AvgIpc) is 2.76. The van der Waals surface area contributed by atoms with E-state index in [2.05, 4.69) is 15.6 Å². The van der Waals surface area contributed by atoms with Crippen LogP contribution in [0.3, 0.4) is 0 Å². The molecular weight excluding hydrogens is 409 g/mol. The minimum Gasteiger partial charge on any atom is -0.383 e. The fraction of sp³-hybridized carbons (Fsp3) is 0.381. The van der Waals surface area contributed by atoms with Crippen molar-refractivity contribution in [3.8, 4) is 0 Å². The summed E-state index contributed by atoms with van der Waals surface area (Å²) in [7, 11) is 1.64. The molecule has 4 rings (SSSR count). The second-order valence-electron chi connectivity index (χ2n) is 7.38. The molecule has 2 N–H and O–H groups in total. The molecule has 0 aliphatic carbocycles. The first-order valence-corrected chi connectivity index (χ1v) is 10.2. The van der Waals surface area contributed by atoms with Crippen molar-refractivity contribution < 1.29 is 13.9 Å².